The van der Waals surface area contributed by atoms with Crippen molar-refractivity contribution in [3.05, 3.63) is 120 Å². The number of hydrogen-bond acceptors (Lipinski definition) is 5. The average Bonchev–Trinajstić information content (AvgIpc) is 2.92. The van der Waals surface area contributed by atoms with Crippen molar-refractivity contribution in [2.75, 3.05) is 6.61 Å². The number of nitrogens with zero attached hydrogens (tertiary/aromatic N) is 2. The van der Waals surface area contributed by atoms with Gasteiger partial charge in [-0.1, -0.05) is 78.9 Å². The number of carbonyl (C=O) groups is 2. The fourth-order valence-electron chi connectivity index (χ4n) is 3.76. The molecule has 2 aromatic heterocycles. The molecule has 0 spiro atoms. The van der Waals surface area contributed by atoms with Crippen LogP contribution in [0.2, 0.25) is 0 Å². The zero-order chi connectivity index (χ0) is 23.3. The third-order valence-corrected chi connectivity index (χ3v) is 5.51. The van der Waals surface area contributed by atoms with E-state index < -0.39 is 5.97 Å². The molecule has 3 aromatic carbocycles. The number of fused-ring (bicyclic) bond motifs is 1. The van der Waals surface area contributed by atoms with E-state index in [0.717, 1.165) is 11.1 Å². The van der Waals surface area contributed by atoms with Gasteiger partial charge in [-0.3, -0.25) is 9.78 Å². The molecule has 0 aliphatic carbocycles. The summed E-state index contributed by atoms with van der Waals surface area (Å²) in [6, 6.07) is 31.7. The van der Waals surface area contributed by atoms with Crippen molar-refractivity contribution in [2.24, 2.45) is 0 Å². The SMILES string of the molecule is O=C(COC(=O)c1cc(-c2ccccn2)nc2ccccc12)c1ccc(-c2ccccc2)cc1. The van der Waals surface area contributed by atoms with E-state index in [1.54, 1.807) is 24.4 Å². The molecule has 5 aromatic rings. The van der Waals surface area contributed by atoms with Crippen LogP contribution in [0.5, 0.6) is 0 Å². The van der Waals surface area contributed by atoms with E-state index in [9.17, 15) is 9.59 Å². The standard InChI is InChI=1S/C29H20N2O3/c32-28(22-15-13-21(14-16-22)20-8-2-1-3-9-20)19-34-29(33)24-18-27(26-12-6-7-17-30-26)31-25-11-5-4-10-23(24)25/h1-18H,19H2. The van der Waals surface area contributed by atoms with Gasteiger partial charge in [0.2, 0.25) is 0 Å². The fraction of sp³-hybridized carbons (Fsp3) is 0.0345. The van der Waals surface area contributed by atoms with Crippen LogP contribution in [-0.4, -0.2) is 28.3 Å². The van der Waals surface area contributed by atoms with Crippen molar-refractivity contribution < 1.29 is 14.3 Å². The number of Topliss-reactive ketones (excluding diaryl/α,β-unsaturated/α-hetero) is 1. The van der Waals surface area contributed by atoms with Gasteiger partial charge in [0.05, 0.1) is 22.5 Å². The van der Waals surface area contributed by atoms with Gasteiger partial charge >= 0.3 is 5.97 Å². The molecule has 34 heavy (non-hydrogen) atoms. The summed E-state index contributed by atoms with van der Waals surface area (Å²) >= 11 is 0. The summed E-state index contributed by atoms with van der Waals surface area (Å²) in [6.07, 6.45) is 1.67. The first-order valence-electron chi connectivity index (χ1n) is 10.9. The smallest absolute Gasteiger partial charge is 0.339 e. The topological polar surface area (TPSA) is 69.2 Å². The van der Waals surface area contributed by atoms with E-state index >= 15 is 0 Å². The van der Waals surface area contributed by atoms with Crippen molar-refractivity contribution in [1.29, 1.82) is 0 Å². The highest BCUT2D eigenvalue weighted by molar-refractivity contribution is 6.06. The van der Waals surface area contributed by atoms with Gasteiger partial charge in [-0.25, -0.2) is 9.78 Å². The minimum absolute atomic E-state index is 0.267. The Morgan fingerprint density at radius 2 is 1.41 bits per heavy atom. The van der Waals surface area contributed by atoms with E-state index in [0.29, 0.717) is 33.4 Å². The van der Waals surface area contributed by atoms with Crippen LogP contribution in [0.1, 0.15) is 20.7 Å². The maximum absolute atomic E-state index is 13.0. The van der Waals surface area contributed by atoms with E-state index in [1.807, 2.05) is 84.9 Å². The molecule has 0 radical (unpaired) electrons. The first-order valence-corrected chi connectivity index (χ1v) is 10.9. The van der Waals surface area contributed by atoms with Gasteiger partial charge in [0, 0.05) is 17.1 Å². The summed E-state index contributed by atoms with van der Waals surface area (Å²) < 4.78 is 5.42. The molecule has 0 N–H and O–H groups in total. The maximum Gasteiger partial charge on any atom is 0.339 e. The van der Waals surface area contributed by atoms with Crippen LogP contribution in [0.4, 0.5) is 0 Å². The number of hydrogen-bond donors (Lipinski definition) is 0. The lowest BCUT2D eigenvalue weighted by Gasteiger charge is -2.10. The number of esters is 1. The normalized spacial score (nSPS) is 10.7. The van der Waals surface area contributed by atoms with E-state index in [4.69, 9.17) is 4.74 Å². The molecule has 0 saturated heterocycles. The molecule has 2 heterocycles. The van der Waals surface area contributed by atoms with Crippen LogP contribution < -0.4 is 0 Å². The number of ether oxygens (including phenoxy) is 1. The predicted molar refractivity (Wildman–Crippen MR) is 131 cm³/mol. The lowest BCUT2D eigenvalue weighted by Crippen LogP contribution is -2.15. The van der Waals surface area contributed by atoms with Crippen molar-refractivity contribution in [3.8, 4) is 22.5 Å². The average molecular weight is 444 g/mol. The number of carbonyl (C=O) groups excluding carboxylic acids is 2. The monoisotopic (exact) mass is 444 g/mol. The van der Waals surface area contributed by atoms with Crippen LogP contribution in [0.3, 0.4) is 0 Å². The first kappa shape index (κ1) is 21.2. The van der Waals surface area contributed by atoms with Crippen LogP contribution in [0.15, 0.2) is 109 Å². The fourth-order valence-corrected chi connectivity index (χ4v) is 3.76. The predicted octanol–water partition coefficient (Wildman–Crippen LogP) is 6.00. The van der Waals surface area contributed by atoms with Crippen LogP contribution in [0.25, 0.3) is 33.4 Å². The number of rotatable bonds is 6. The Bertz CT molecular complexity index is 1460. The highest BCUT2D eigenvalue weighted by atomic mass is 16.5. The second-order valence-corrected chi connectivity index (χ2v) is 7.73. The molecule has 0 fully saturated rings. The van der Waals surface area contributed by atoms with Gasteiger partial charge in [-0.05, 0) is 35.4 Å². The number of pyridine rings is 2. The Balaban J connectivity index is 1.35. The zero-order valence-electron chi connectivity index (χ0n) is 18.2. The Labute approximate surface area is 196 Å². The van der Waals surface area contributed by atoms with E-state index in [2.05, 4.69) is 9.97 Å². The molecule has 5 nitrogen and oxygen atoms in total. The van der Waals surface area contributed by atoms with E-state index in [-0.39, 0.29) is 12.4 Å². The van der Waals surface area contributed by atoms with Gasteiger partial charge in [-0.2, -0.15) is 0 Å². The number of benzene rings is 3. The molecule has 0 amide bonds. The van der Waals surface area contributed by atoms with Crippen LogP contribution in [0, 0.1) is 0 Å². The molecular weight excluding hydrogens is 424 g/mol. The van der Waals surface area contributed by atoms with Crippen molar-refractivity contribution in [1.82, 2.24) is 9.97 Å². The second-order valence-electron chi connectivity index (χ2n) is 7.73. The third-order valence-electron chi connectivity index (χ3n) is 5.51. The summed E-state index contributed by atoms with van der Waals surface area (Å²) in [5.41, 5.74) is 4.78. The Kier molecular flexibility index (Phi) is 5.91. The lowest BCUT2D eigenvalue weighted by molar-refractivity contribution is 0.0476. The summed E-state index contributed by atoms with van der Waals surface area (Å²) in [7, 11) is 0. The third kappa shape index (κ3) is 4.45. The van der Waals surface area contributed by atoms with Crippen molar-refractivity contribution in [2.45, 2.75) is 0 Å². The van der Waals surface area contributed by atoms with Crippen molar-refractivity contribution >= 4 is 22.7 Å². The number of para-hydroxylation sites is 1. The second kappa shape index (κ2) is 9.46. The van der Waals surface area contributed by atoms with Gasteiger partial charge in [-0.15, -0.1) is 0 Å². The van der Waals surface area contributed by atoms with Crippen LogP contribution in [-0.2, 0) is 4.74 Å². The summed E-state index contributed by atoms with van der Waals surface area (Å²) in [4.78, 5) is 34.6. The maximum atomic E-state index is 13.0. The molecule has 0 aliphatic heterocycles. The molecule has 0 bridgehead atoms. The summed E-state index contributed by atoms with van der Waals surface area (Å²) in [5.74, 6) is -0.846. The minimum atomic E-state index is -0.579. The van der Waals surface area contributed by atoms with Gasteiger partial charge in [0.25, 0.3) is 0 Å². The molecule has 0 aliphatic rings. The Hall–Kier alpha value is -4.64. The Morgan fingerprint density at radius 1 is 0.706 bits per heavy atom. The lowest BCUT2D eigenvalue weighted by atomic mass is 10.0. The van der Waals surface area contributed by atoms with Gasteiger partial charge < -0.3 is 4.74 Å². The quantitative estimate of drug-likeness (QED) is 0.237. The minimum Gasteiger partial charge on any atom is -0.454 e. The number of aromatic nitrogens is 2. The summed E-state index contributed by atoms with van der Waals surface area (Å²) in [5, 5.41) is 0.659. The van der Waals surface area contributed by atoms with E-state index in [1.165, 1.54) is 0 Å². The van der Waals surface area contributed by atoms with Gasteiger partial charge in [0.1, 0.15) is 0 Å². The van der Waals surface area contributed by atoms with Crippen LogP contribution >= 0.6 is 0 Å². The molecule has 0 saturated carbocycles. The largest absolute Gasteiger partial charge is 0.454 e. The zero-order valence-corrected chi connectivity index (χ0v) is 18.2. The molecule has 5 rings (SSSR count). The number of ketones is 1. The molecule has 0 atom stereocenters. The summed E-state index contributed by atoms with van der Waals surface area (Å²) in [6.45, 7) is -0.348. The van der Waals surface area contributed by atoms with Crippen molar-refractivity contribution in [3.63, 3.8) is 0 Å². The highest BCUT2D eigenvalue weighted by Crippen LogP contribution is 2.24. The highest BCUT2D eigenvalue weighted by Gasteiger charge is 2.17. The van der Waals surface area contributed by atoms with Gasteiger partial charge in [0.15, 0.2) is 12.4 Å². The Morgan fingerprint density at radius 3 is 2.18 bits per heavy atom. The molecule has 5 heteroatoms. The molecular formula is C29H20N2O3. The molecule has 164 valence electrons. The first-order chi connectivity index (χ1) is 16.7. The molecule has 0 unspecified atom stereocenters.